The number of hydrogen-bond acceptors (Lipinski definition) is 5. The molecule has 2 N–H and O–H groups in total. The van der Waals surface area contributed by atoms with E-state index in [0.717, 1.165) is 5.52 Å². The van der Waals surface area contributed by atoms with Gasteiger partial charge < -0.3 is 10.4 Å². The molecule has 19 heavy (non-hydrogen) atoms. The average molecular weight is 260 g/mol. The molecule has 0 saturated heterocycles. The van der Waals surface area contributed by atoms with Crippen molar-refractivity contribution in [3.8, 4) is 0 Å². The molecule has 0 aromatic carbocycles. The molecule has 6 heteroatoms. The zero-order chi connectivity index (χ0) is 13.9. The number of nitrogens with zero attached hydrogens (tertiary/aromatic N) is 3. The van der Waals surface area contributed by atoms with Crippen molar-refractivity contribution >= 4 is 23.0 Å². The van der Waals surface area contributed by atoms with Crippen LogP contribution >= 0.6 is 0 Å². The Bertz CT molecular complexity index is 598. The van der Waals surface area contributed by atoms with Crippen molar-refractivity contribution in [3.63, 3.8) is 0 Å². The van der Waals surface area contributed by atoms with Crippen LogP contribution in [0.2, 0.25) is 0 Å². The van der Waals surface area contributed by atoms with Crippen LogP contribution in [0.15, 0.2) is 24.5 Å². The first-order chi connectivity index (χ1) is 8.96. The molecule has 100 valence electrons. The van der Waals surface area contributed by atoms with Gasteiger partial charge in [-0.1, -0.05) is 0 Å². The monoisotopic (exact) mass is 260 g/mol. The van der Waals surface area contributed by atoms with Gasteiger partial charge in [-0.15, -0.1) is 0 Å². The Morgan fingerprint density at radius 3 is 2.79 bits per heavy atom. The molecule has 0 radical (unpaired) electrons. The fourth-order valence-corrected chi connectivity index (χ4v) is 1.75. The second-order valence-corrected chi connectivity index (χ2v) is 5.00. The Labute approximate surface area is 110 Å². The van der Waals surface area contributed by atoms with Crippen molar-refractivity contribution in [1.29, 1.82) is 0 Å². The van der Waals surface area contributed by atoms with E-state index in [1.807, 2.05) is 26.0 Å². The van der Waals surface area contributed by atoms with E-state index in [1.165, 1.54) is 0 Å². The van der Waals surface area contributed by atoms with Gasteiger partial charge in [-0.25, -0.2) is 9.97 Å². The molecule has 2 aromatic heterocycles. The van der Waals surface area contributed by atoms with Gasteiger partial charge in [0, 0.05) is 24.4 Å². The number of aliphatic carboxylic acids is 1. The first kappa shape index (κ1) is 13.2. The topological polar surface area (TPSA) is 88.0 Å². The summed E-state index contributed by atoms with van der Waals surface area (Å²) >= 11 is 0. The summed E-state index contributed by atoms with van der Waals surface area (Å²) in [4.78, 5) is 23.3. The largest absolute Gasteiger partial charge is 0.481 e. The molecule has 0 unspecified atom stereocenters. The number of hydrogen-bond donors (Lipinski definition) is 2. The van der Waals surface area contributed by atoms with Gasteiger partial charge in [0.1, 0.15) is 11.3 Å². The lowest BCUT2D eigenvalue weighted by Crippen LogP contribution is -2.32. The predicted molar refractivity (Wildman–Crippen MR) is 71.9 cm³/mol. The Morgan fingerprint density at radius 1 is 1.32 bits per heavy atom. The molecule has 0 saturated carbocycles. The van der Waals surface area contributed by atoms with E-state index in [0.29, 0.717) is 17.9 Å². The smallest absolute Gasteiger partial charge is 0.303 e. The number of anilines is 1. The van der Waals surface area contributed by atoms with Gasteiger partial charge in [0.15, 0.2) is 5.65 Å². The number of carbonyl (C=O) groups is 1. The molecule has 0 amide bonds. The van der Waals surface area contributed by atoms with Crippen LogP contribution in [0.25, 0.3) is 11.2 Å². The van der Waals surface area contributed by atoms with E-state index >= 15 is 0 Å². The zero-order valence-corrected chi connectivity index (χ0v) is 10.9. The Morgan fingerprint density at radius 2 is 2.05 bits per heavy atom. The molecule has 0 fully saturated rings. The van der Waals surface area contributed by atoms with Crippen molar-refractivity contribution in [3.05, 3.63) is 24.5 Å². The van der Waals surface area contributed by atoms with E-state index in [9.17, 15) is 4.79 Å². The maximum Gasteiger partial charge on any atom is 0.303 e. The third kappa shape index (κ3) is 3.61. The third-order valence-corrected chi connectivity index (χ3v) is 2.76. The SMILES string of the molecule is CC(C)(CCC(=O)O)Nc1ccc2nccnc2n1. The Kier molecular flexibility index (Phi) is 3.59. The lowest BCUT2D eigenvalue weighted by molar-refractivity contribution is -0.137. The molecule has 2 heterocycles. The van der Waals surface area contributed by atoms with Crippen LogP contribution in [0, 0.1) is 0 Å². The minimum Gasteiger partial charge on any atom is -0.481 e. The highest BCUT2D eigenvalue weighted by Crippen LogP contribution is 2.19. The normalized spacial score (nSPS) is 11.5. The summed E-state index contributed by atoms with van der Waals surface area (Å²) in [5.74, 6) is -0.129. The van der Waals surface area contributed by atoms with Crippen LogP contribution < -0.4 is 5.32 Å². The Balaban J connectivity index is 2.13. The van der Waals surface area contributed by atoms with Crippen LogP contribution in [0.3, 0.4) is 0 Å². The molecule has 0 atom stereocenters. The van der Waals surface area contributed by atoms with E-state index in [1.54, 1.807) is 12.4 Å². The van der Waals surface area contributed by atoms with E-state index in [2.05, 4.69) is 20.3 Å². The standard InChI is InChI=1S/C13H16N4O2/c1-13(2,6-5-11(18)19)17-10-4-3-9-12(16-10)15-8-7-14-9/h3-4,7-8H,5-6H2,1-2H3,(H,18,19)(H,15,16,17). The summed E-state index contributed by atoms with van der Waals surface area (Å²) in [5, 5.41) is 11.9. The lowest BCUT2D eigenvalue weighted by Gasteiger charge is -2.26. The highest BCUT2D eigenvalue weighted by Gasteiger charge is 2.19. The van der Waals surface area contributed by atoms with Gasteiger partial charge in [0.05, 0.1) is 0 Å². The zero-order valence-electron chi connectivity index (χ0n) is 10.9. The number of nitrogens with one attached hydrogen (secondary N) is 1. The third-order valence-electron chi connectivity index (χ3n) is 2.76. The number of rotatable bonds is 5. The van der Waals surface area contributed by atoms with Crippen LogP contribution in [0.4, 0.5) is 5.82 Å². The number of fused-ring (bicyclic) bond motifs is 1. The van der Waals surface area contributed by atoms with Gasteiger partial charge in [0.2, 0.25) is 0 Å². The second-order valence-electron chi connectivity index (χ2n) is 5.00. The van der Waals surface area contributed by atoms with E-state index in [-0.39, 0.29) is 12.0 Å². The summed E-state index contributed by atoms with van der Waals surface area (Å²) in [7, 11) is 0. The molecular formula is C13H16N4O2. The fraction of sp³-hybridized carbons (Fsp3) is 0.385. The van der Waals surface area contributed by atoms with Gasteiger partial charge in [-0.2, -0.15) is 0 Å². The maximum absolute atomic E-state index is 10.6. The van der Waals surface area contributed by atoms with Crippen molar-refractivity contribution in [2.75, 3.05) is 5.32 Å². The summed E-state index contributed by atoms with van der Waals surface area (Å²) in [6.45, 7) is 3.89. The molecule has 0 bridgehead atoms. The molecule has 6 nitrogen and oxygen atoms in total. The summed E-state index contributed by atoms with van der Waals surface area (Å²) in [5.41, 5.74) is 0.958. The van der Waals surface area contributed by atoms with Crippen molar-refractivity contribution in [2.24, 2.45) is 0 Å². The first-order valence-corrected chi connectivity index (χ1v) is 6.04. The number of aromatic nitrogens is 3. The van der Waals surface area contributed by atoms with Gasteiger partial charge in [-0.05, 0) is 32.4 Å². The maximum atomic E-state index is 10.6. The molecule has 2 aromatic rings. The second kappa shape index (κ2) is 5.17. The summed E-state index contributed by atoms with van der Waals surface area (Å²) in [6.07, 6.45) is 3.85. The lowest BCUT2D eigenvalue weighted by atomic mass is 9.98. The minimum atomic E-state index is -0.799. The average Bonchev–Trinajstić information content (AvgIpc) is 2.36. The molecule has 2 rings (SSSR count). The van der Waals surface area contributed by atoms with Crippen molar-refractivity contribution in [1.82, 2.24) is 15.0 Å². The van der Waals surface area contributed by atoms with Crippen molar-refractivity contribution < 1.29 is 9.90 Å². The van der Waals surface area contributed by atoms with Crippen molar-refractivity contribution in [2.45, 2.75) is 32.2 Å². The van der Waals surface area contributed by atoms with Gasteiger partial charge >= 0.3 is 5.97 Å². The minimum absolute atomic E-state index is 0.118. The van der Waals surface area contributed by atoms with Gasteiger partial charge in [0.25, 0.3) is 0 Å². The van der Waals surface area contributed by atoms with Crippen LogP contribution in [0.5, 0.6) is 0 Å². The number of carboxylic acids is 1. The molecule has 0 spiro atoms. The summed E-state index contributed by atoms with van der Waals surface area (Å²) in [6, 6.07) is 3.66. The highest BCUT2D eigenvalue weighted by atomic mass is 16.4. The van der Waals surface area contributed by atoms with E-state index in [4.69, 9.17) is 5.11 Å². The van der Waals surface area contributed by atoms with E-state index < -0.39 is 5.97 Å². The number of carboxylic acid groups (broad SMARTS) is 1. The molecule has 0 aliphatic carbocycles. The quantitative estimate of drug-likeness (QED) is 0.855. The molecule has 0 aliphatic rings. The van der Waals surface area contributed by atoms with Gasteiger partial charge in [-0.3, -0.25) is 9.78 Å². The number of pyridine rings is 1. The Hall–Kier alpha value is -2.24. The predicted octanol–water partition coefficient (Wildman–Crippen LogP) is 2.08. The van der Waals surface area contributed by atoms with Crippen LogP contribution in [-0.4, -0.2) is 31.6 Å². The van der Waals surface area contributed by atoms with Crippen LogP contribution in [0.1, 0.15) is 26.7 Å². The first-order valence-electron chi connectivity index (χ1n) is 6.04. The molecular weight excluding hydrogens is 244 g/mol. The highest BCUT2D eigenvalue weighted by molar-refractivity contribution is 5.71. The van der Waals surface area contributed by atoms with Crippen LogP contribution in [-0.2, 0) is 4.79 Å². The fourth-order valence-electron chi connectivity index (χ4n) is 1.75. The summed E-state index contributed by atoms with van der Waals surface area (Å²) < 4.78 is 0. The molecule has 0 aliphatic heterocycles.